The first kappa shape index (κ1) is 15.5. The van der Waals surface area contributed by atoms with Crippen molar-refractivity contribution in [3.05, 3.63) is 63.6 Å². The predicted molar refractivity (Wildman–Crippen MR) is 84.3 cm³/mol. The number of hydrogen-bond donors (Lipinski definition) is 2. The average molecular weight is 371 g/mol. The summed E-state index contributed by atoms with van der Waals surface area (Å²) >= 11 is 8.16. The highest BCUT2D eigenvalue weighted by Gasteiger charge is 2.17. The topological polar surface area (TPSA) is 55.1 Å². The number of carbonyl (C=O) groups is 1. The molecule has 0 saturated carbocycles. The second-order valence-electron chi connectivity index (χ2n) is 4.11. The molecular formula is C14H9BrF2N2OS. The molecule has 0 aliphatic carbocycles. The van der Waals surface area contributed by atoms with E-state index in [0.717, 1.165) is 10.5 Å². The number of amides is 1. The van der Waals surface area contributed by atoms with Gasteiger partial charge in [-0.1, -0.05) is 34.2 Å². The molecular weight excluding hydrogens is 362 g/mol. The number of nitrogens with two attached hydrogens (primary N) is 1. The quantitative estimate of drug-likeness (QED) is 0.811. The van der Waals surface area contributed by atoms with Crippen LogP contribution >= 0.6 is 28.1 Å². The molecule has 2 aromatic carbocycles. The smallest absolute Gasteiger partial charge is 0.258 e. The van der Waals surface area contributed by atoms with E-state index in [2.05, 4.69) is 21.2 Å². The summed E-state index contributed by atoms with van der Waals surface area (Å²) in [5.41, 5.74) is 5.92. The standard InChI is InChI=1S/C14H9BrF2N2OS/c15-7-4-5-11(9(6-7)13(18)21)19-14(20)8-2-1-3-10(16)12(8)17/h1-6H,(H2,18,21)(H,19,20). The summed E-state index contributed by atoms with van der Waals surface area (Å²) in [4.78, 5) is 12.1. The Hall–Kier alpha value is -1.86. The van der Waals surface area contributed by atoms with Gasteiger partial charge in [0.25, 0.3) is 5.91 Å². The number of benzene rings is 2. The van der Waals surface area contributed by atoms with Gasteiger partial charge in [0, 0.05) is 10.0 Å². The van der Waals surface area contributed by atoms with E-state index < -0.39 is 23.1 Å². The molecule has 7 heteroatoms. The molecule has 108 valence electrons. The fourth-order valence-corrected chi connectivity index (χ4v) is 2.23. The van der Waals surface area contributed by atoms with Crippen molar-refractivity contribution in [1.82, 2.24) is 0 Å². The number of hydrogen-bond acceptors (Lipinski definition) is 2. The Labute approximate surface area is 133 Å². The largest absolute Gasteiger partial charge is 0.389 e. The average Bonchev–Trinajstić information content (AvgIpc) is 2.43. The van der Waals surface area contributed by atoms with Crippen LogP contribution in [0.5, 0.6) is 0 Å². The third-order valence-electron chi connectivity index (χ3n) is 2.69. The first-order valence-electron chi connectivity index (χ1n) is 5.75. The van der Waals surface area contributed by atoms with Gasteiger partial charge in [-0.15, -0.1) is 0 Å². The van der Waals surface area contributed by atoms with Crippen LogP contribution in [-0.4, -0.2) is 10.9 Å². The zero-order chi connectivity index (χ0) is 15.6. The van der Waals surface area contributed by atoms with E-state index in [1.165, 1.54) is 12.1 Å². The normalized spacial score (nSPS) is 10.2. The Morgan fingerprint density at radius 3 is 2.57 bits per heavy atom. The monoisotopic (exact) mass is 370 g/mol. The summed E-state index contributed by atoms with van der Waals surface area (Å²) in [5.74, 6) is -3.08. The van der Waals surface area contributed by atoms with Gasteiger partial charge in [0.1, 0.15) is 4.99 Å². The number of thiocarbonyl (C=S) groups is 1. The highest BCUT2D eigenvalue weighted by molar-refractivity contribution is 9.10. The molecule has 2 aromatic rings. The van der Waals surface area contributed by atoms with Gasteiger partial charge in [0.2, 0.25) is 0 Å². The van der Waals surface area contributed by atoms with Gasteiger partial charge in [-0.25, -0.2) is 8.78 Å². The lowest BCUT2D eigenvalue weighted by Gasteiger charge is -2.11. The van der Waals surface area contributed by atoms with Crippen LogP contribution in [-0.2, 0) is 0 Å². The maximum atomic E-state index is 13.6. The molecule has 0 spiro atoms. The molecule has 2 rings (SSSR count). The fraction of sp³-hybridized carbons (Fsp3) is 0. The maximum Gasteiger partial charge on any atom is 0.258 e. The van der Waals surface area contributed by atoms with Crippen LogP contribution in [0.15, 0.2) is 40.9 Å². The van der Waals surface area contributed by atoms with E-state index in [9.17, 15) is 13.6 Å². The Balaban J connectivity index is 2.36. The number of nitrogens with one attached hydrogen (secondary N) is 1. The van der Waals surface area contributed by atoms with Crippen molar-refractivity contribution in [2.24, 2.45) is 5.73 Å². The van der Waals surface area contributed by atoms with Crippen molar-refractivity contribution in [3.63, 3.8) is 0 Å². The van der Waals surface area contributed by atoms with Gasteiger partial charge >= 0.3 is 0 Å². The molecule has 0 heterocycles. The molecule has 0 unspecified atom stereocenters. The van der Waals surface area contributed by atoms with Crippen molar-refractivity contribution in [2.75, 3.05) is 5.32 Å². The summed E-state index contributed by atoms with van der Waals surface area (Å²) in [6, 6.07) is 8.23. The van der Waals surface area contributed by atoms with Gasteiger partial charge in [-0.3, -0.25) is 4.79 Å². The minimum absolute atomic E-state index is 0.0753. The molecule has 0 aliphatic heterocycles. The maximum absolute atomic E-state index is 13.6. The molecule has 21 heavy (non-hydrogen) atoms. The molecule has 0 saturated heterocycles. The van der Waals surface area contributed by atoms with Gasteiger partial charge < -0.3 is 11.1 Å². The number of anilines is 1. The van der Waals surface area contributed by atoms with E-state index in [0.29, 0.717) is 11.3 Å². The molecule has 3 N–H and O–H groups in total. The zero-order valence-electron chi connectivity index (χ0n) is 10.5. The van der Waals surface area contributed by atoms with Crippen molar-refractivity contribution < 1.29 is 13.6 Å². The lowest BCUT2D eigenvalue weighted by Crippen LogP contribution is -2.19. The number of carbonyl (C=O) groups excluding carboxylic acids is 1. The van der Waals surface area contributed by atoms with E-state index in [1.54, 1.807) is 18.2 Å². The van der Waals surface area contributed by atoms with Gasteiger partial charge in [-0.2, -0.15) is 0 Å². The summed E-state index contributed by atoms with van der Waals surface area (Å²) in [7, 11) is 0. The summed E-state index contributed by atoms with van der Waals surface area (Å²) in [6.07, 6.45) is 0. The first-order chi connectivity index (χ1) is 9.90. The molecule has 3 nitrogen and oxygen atoms in total. The van der Waals surface area contributed by atoms with Crippen LogP contribution < -0.4 is 11.1 Å². The van der Waals surface area contributed by atoms with Crippen LogP contribution in [0.2, 0.25) is 0 Å². The van der Waals surface area contributed by atoms with Crippen LogP contribution in [0.4, 0.5) is 14.5 Å². The lowest BCUT2D eigenvalue weighted by molar-refractivity contribution is 0.102. The minimum Gasteiger partial charge on any atom is -0.389 e. The summed E-state index contributed by atoms with van der Waals surface area (Å²) < 4.78 is 27.4. The zero-order valence-corrected chi connectivity index (χ0v) is 12.9. The number of rotatable bonds is 3. The third-order valence-corrected chi connectivity index (χ3v) is 3.40. The Morgan fingerprint density at radius 1 is 1.19 bits per heavy atom. The van der Waals surface area contributed by atoms with Crippen molar-refractivity contribution in [2.45, 2.75) is 0 Å². The molecule has 0 fully saturated rings. The second-order valence-corrected chi connectivity index (χ2v) is 5.47. The van der Waals surface area contributed by atoms with Gasteiger partial charge in [0.15, 0.2) is 11.6 Å². The van der Waals surface area contributed by atoms with E-state index >= 15 is 0 Å². The van der Waals surface area contributed by atoms with Crippen LogP contribution in [0.3, 0.4) is 0 Å². The SMILES string of the molecule is NC(=S)c1cc(Br)ccc1NC(=O)c1cccc(F)c1F. The Bertz CT molecular complexity index is 737. The van der Waals surface area contributed by atoms with Gasteiger partial charge in [-0.05, 0) is 30.3 Å². The fourth-order valence-electron chi connectivity index (χ4n) is 1.70. The minimum atomic E-state index is -1.20. The van der Waals surface area contributed by atoms with Crippen molar-refractivity contribution >= 4 is 44.7 Å². The van der Waals surface area contributed by atoms with Crippen LogP contribution in [0.1, 0.15) is 15.9 Å². The molecule has 0 aromatic heterocycles. The number of halogens is 3. The first-order valence-corrected chi connectivity index (χ1v) is 6.95. The molecule has 0 atom stereocenters. The molecule has 1 amide bonds. The second kappa shape index (κ2) is 6.28. The molecule has 0 bridgehead atoms. The highest BCUT2D eigenvalue weighted by Crippen LogP contribution is 2.22. The molecule has 0 aliphatic rings. The van der Waals surface area contributed by atoms with Crippen LogP contribution in [0.25, 0.3) is 0 Å². The third kappa shape index (κ3) is 3.43. The van der Waals surface area contributed by atoms with E-state index in [-0.39, 0.29) is 4.99 Å². The van der Waals surface area contributed by atoms with E-state index in [4.69, 9.17) is 18.0 Å². The summed E-state index contributed by atoms with van der Waals surface area (Å²) in [5, 5.41) is 2.47. The van der Waals surface area contributed by atoms with Crippen molar-refractivity contribution in [3.8, 4) is 0 Å². The Morgan fingerprint density at radius 2 is 1.90 bits per heavy atom. The summed E-state index contributed by atoms with van der Waals surface area (Å²) in [6.45, 7) is 0. The Kier molecular flexibility index (Phi) is 4.64. The molecule has 0 radical (unpaired) electrons. The highest BCUT2D eigenvalue weighted by atomic mass is 79.9. The lowest BCUT2D eigenvalue weighted by atomic mass is 10.1. The van der Waals surface area contributed by atoms with Gasteiger partial charge in [0.05, 0.1) is 11.3 Å². The van der Waals surface area contributed by atoms with E-state index in [1.807, 2.05) is 0 Å². The van der Waals surface area contributed by atoms with Crippen LogP contribution in [0, 0.1) is 11.6 Å². The predicted octanol–water partition coefficient (Wildman–Crippen LogP) is 3.61. The van der Waals surface area contributed by atoms with Crippen molar-refractivity contribution in [1.29, 1.82) is 0 Å².